The summed E-state index contributed by atoms with van der Waals surface area (Å²) in [5, 5.41) is 0. The van der Waals surface area contributed by atoms with Crippen LogP contribution < -0.4 is 0 Å². The monoisotopic (exact) mass is 241 g/mol. The Kier molecular flexibility index (Phi) is 11.9. The molecule has 0 saturated carbocycles. The SMILES string of the molecule is Br.O=[PH](O)O.c1ccncc1. The van der Waals surface area contributed by atoms with E-state index in [2.05, 4.69) is 4.98 Å². The van der Waals surface area contributed by atoms with Gasteiger partial charge in [-0.2, -0.15) is 0 Å². The molecule has 0 radical (unpaired) electrons. The lowest BCUT2D eigenvalue weighted by Gasteiger charge is -1.70. The molecule has 0 aliphatic carbocycles. The highest BCUT2D eigenvalue weighted by molar-refractivity contribution is 8.93. The predicted molar refractivity (Wildman–Crippen MR) is 48.0 cm³/mol. The topological polar surface area (TPSA) is 70.4 Å². The molecule has 64 valence electrons. The van der Waals surface area contributed by atoms with Gasteiger partial charge in [0.15, 0.2) is 0 Å². The summed E-state index contributed by atoms with van der Waals surface area (Å²) in [4.78, 5) is 18.1. The van der Waals surface area contributed by atoms with Crippen LogP contribution in [0.25, 0.3) is 0 Å². The summed E-state index contributed by atoms with van der Waals surface area (Å²) in [5.41, 5.74) is 0. The fourth-order valence-electron chi connectivity index (χ4n) is 0.313. The Morgan fingerprint density at radius 1 is 1.09 bits per heavy atom. The molecule has 0 saturated heterocycles. The van der Waals surface area contributed by atoms with Gasteiger partial charge in [-0.15, -0.1) is 17.0 Å². The molecule has 6 heteroatoms. The van der Waals surface area contributed by atoms with Crippen molar-refractivity contribution in [3.8, 4) is 0 Å². The van der Waals surface area contributed by atoms with Crippen molar-refractivity contribution in [2.45, 2.75) is 0 Å². The van der Waals surface area contributed by atoms with Gasteiger partial charge in [0.1, 0.15) is 0 Å². The molecule has 0 amide bonds. The molecular formula is C5H9BrNO3P. The molecule has 0 aliphatic rings. The second-order valence-corrected chi connectivity index (χ2v) is 1.87. The highest BCUT2D eigenvalue weighted by Gasteiger charge is 1.61. The molecule has 0 aromatic carbocycles. The van der Waals surface area contributed by atoms with Crippen LogP contribution >= 0.6 is 25.2 Å². The summed E-state index contributed by atoms with van der Waals surface area (Å²) in [6, 6.07) is 5.72. The van der Waals surface area contributed by atoms with Crippen LogP contribution in [0.4, 0.5) is 0 Å². The maximum atomic E-state index is 8.74. The third-order valence-corrected chi connectivity index (χ3v) is 0.566. The van der Waals surface area contributed by atoms with Crippen LogP contribution in [0.15, 0.2) is 30.6 Å². The van der Waals surface area contributed by atoms with Crippen LogP contribution in [0.1, 0.15) is 0 Å². The molecule has 0 atom stereocenters. The summed E-state index contributed by atoms with van der Waals surface area (Å²) < 4.78 is 8.74. The number of nitrogens with zero attached hydrogens (tertiary/aromatic N) is 1. The smallest absolute Gasteiger partial charge is 0.314 e. The molecule has 2 N–H and O–H groups in total. The number of pyridine rings is 1. The number of halogens is 1. The first-order chi connectivity index (χ1) is 4.73. The number of aromatic nitrogens is 1. The third-order valence-electron chi connectivity index (χ3n) is 0.566. The molecule has 1 rings (SSSR count). The van der Waals surface area contributed by atoms with E-state index in [1.165, 1.54) is 0 Å². The molecule has 0 spiro atoms. The molecule has 0 bridgehead atoms. The third kappa shape index (κ3) is 17.7. The number of hydrogen-bond donors (Lipinski definition) is 2. The van der Waals surface area contributed by atoms with Gasteiger partial charge in [-0.3, -0.25) is 9.55 Å². The second-order valence-electron chi connectivity index (χ2n) is 1.31. The number of hydrogen-bond acceptors (Lipinski definition) is 2. The Labute approximate surface area is 75.6 Å². The van der Waals surface area contributed by atoms with E-state index in [-0.39, 0.29) is 17.0 Å². The lowest BCUT2D eigenvalue weighted by molar-refractivity contribution is 0.405. The Hall–Kier alpha value is -0.220. The zero-order chi connectivity index (χ0) is 7.82. The quantitative estimate of drug-likeness (QED) is 0.666. The van der Waals surface area contributed by atoms with Crippen molar-refractivity contribution in [2.75, 3.05) is 0 Å². The van der Waals surface area contributed by atoms with E-state index in [0.717, 1.165) is 0 Å². The molecule has 11 heavy (non-hydrogen) atoms. The van der Waals surface area contributed by atoms with Crippen LogP contribution in [0.3, 0.4) is 0 Å². The highest BCUT2D eigenvalue weighted by atomic mass is 79.9. The highest BCUT2D eigenvalue weighted by Crippen LogP contribution is 1.98. The van der Waals surface area contributed by atoms with Gasteiger partial charge in [-0.25, -0.2) is 0 Å². The molecular weight excluding hydrogens is 233 g/mol. The van der Waals surface area contributed by atoms with Gasteiger partial charge >= 0.3 is 8.25 Å². The van der Waals surface area contributed by atoms with Crippen LogP contribution in [0.2, 0.25) is 0 Å². The van der Waals surface area contributed by atoms with E-state index in [4.69, 9.17) is 14.4 Å². The average Bonchev–Trinajstić information content (AvgIpc) is 1.90. The largest absolute Gasteiger partial charge is 0.326 e. The molecule has 1 aromatic heterocycles. The fourth-order valence-corrected chi connectivity index (χ4v) is 0.313. The van der Waals surface area contributed by atoms with E-state index < -0.39 is 8.25 Å². The van der Waals surface area contributed by atoms with Crippen molar-refractivity contribution in [1.82, 2.24) is 4.98 Å². The minimum atomic E-state index is -3.13. The Balaban J connectivity index is 0. The van der Waals surface area contributed by atoms with Crippen molar-refractivity contribution < 1.29 is 14.4 Å². The lowest BCUT2D eigenvalue weighted by atomic mass is 10.5. The molecule has 0 fully saturated rings. The minimum Gasteiger partial charge on any atom is -0.326 e. The molecule has 0 unspecified atom stereocenters. The summed E-state index contributed by atoms with van der Waals surface area (Å²) in [5.74, 6) is 0. The van der Waals surface area contributed by atoms with Gasteiger partial charge in [0.05, 0.1) is 0 Å². The van der Waals surface area contributed by atoms with Crippen molar-refractivity contribution in [3.63, 3.8) is 0 Å². The van der Waals surface area contributed by atoms with Crippen LogP contribution in [-0.4, -0.2) is 14.8 Å². The van der Waals surface area contributed by atoms with Crippen molar-refractivity contribution in [2.24, 2.45) is 0 Å². The predicted octanol–water partition coefficient (Wildman–Crippen LogP) is 1.02. The first kappa shape index (κ1) is 13.4. The Morgan fingerprint density at radius 3 is 1.55 bits per heavy atom. The fraction of sp³-hybridized carbons (Fsp3) is 0. The van der Waals surface area contributed by atoms with Gasteiger partial charge in [0, 0.05) is 12.4 Å². The van der Waals surface area contributed by atoms with E-state index in [1.807, 2.05) is 18.2 Å². The maximum Gasteiger partial charge on any atom is 0.314 e. The van der Waals surface area contributed by atoms with Gasteiger partial charge < -0.3 is 9.79 Å². The first-order valence-electron chi connectivity index (χ1n) is 2.50. The van der Waals surface area contributed by atoms with Crippen molar-refractivity contribution >= 4 is 25.2 Å². The molecule has 1 aromatic rings. The van der Waals surface area contributed by atoms with Crippen LogP contribution in [-0.2, 0) is 4.57 Å². The normalized spacial score (nSPS) is 7.55. The zero-order valence-corrected chi connectivity index (χ0v) is 8.26. The maximum absolute atomic E-state index is 8.74. The lowest BCUT2D eigenvalue weighted by Crippen LogP contribution is -1.58. The minimum absolute atomic E-state index is 0. The summed E-state index contributed by atoms with van der Waals surface area (Å²) in [6.45, 7) is 0. The van der Waals surface area contributed by atoms with Gasteiger partial charge in [0.2, 0.25) is 0 Å². The Bertz CT molecular complexity index is 154. The Morgan fingerprint density at radius 2 is 1.45 bits per heavy atom. The van der Waals surface area contributed by atoms with E-state index in [1.54, 1.807) is 12.4 Å². The van der Waals surface area contributed by atoms with Gasteiger partial charge in [-0.1, -0.05) is 6.07 Å². The number of rotatable bonds is 0. The average molecular weight is 242 g/mol. The van der Waals surface area contributed by atoms with Crippen molar-refractivity contribution in [3.05, 3.63) is 30.6 Å². The summed E-state index contributed by atoms with van der Waals surface area (Å²) in [7, 11) is -3.13. The van der Waals surface area contributed by atoms with Gasteiger partial charge in [0.25, 0.3) is 0 Å². The van der Waals surface area contributed by atoms with Crippen LogP contribution in [0, 0.1) is 0 Å². The molecule has 1 heterocycles. The van der Waals surface area contributed by atoms with E-state index >= 15 is 0 Å². The van der Waals surface area contributed by atoms with E-state index in [9.17, 15) is 0 Å². The van der Waals surface area contributed by atoms with E-state index in [0.29, 0.717) is 0 Å². The summed E-state index contributed by atoms with van der Waals surface area (Å²) in [6.07, 6.45) is 3.50. The van der Waals surface area contributed by atoms with Crippen LogP contribution in [0.5, 0.6) is 0 Å². The van der Waals surface area contributed by atoms with Crippen molar-refractivity contribution in [1.29, 1.82) is 0 Å². The first-order valence-corrected chi connectivity index (χ1v) is 3.80. The standard InChI is InChI=1S/C5H5N.BrH.H3O3P/c1-2-4-6-5-3-1;;1-4(2)3/h1-5H;1H;4H,(H2,1,2,3). The zero-order valence-electron chi connectivity index (χ0n) is 5.54. The molecule has 4 nitrogen and oxygen atoms in total. The van der Waals surface area contributed by atoms with Gasteiger partial charge in [-0.05, 0) is 12.1 Å². The second kappa shape index (κ2) is 9.78. The summed E-state index contributed by atoms with van der Waals surface area (Å²) >= 11 is 0. The molecule has 0 aliphatic heterocycles.